The molecule has 0 atom stereocenters. The van der Waals surface area contributed by atoms with Crippen molar-refractivity contribution in [3.8, 4) is 0 Å². The highest BCUT2D eigenvalue weighted by Gasteiger charge is 2.01. The van der Waals surface area contributed by atoms with Gasteiger partial charge in [-0.3, -0.25) is 0 Å². The zero-order valence-corrected chi connectivity index (χ0v) is 10.4. The molecule has 0 aliphatic carbocycles. The van der Waals surface area contributed by atoms with Crippen LogP contribution in [-0.2, 0) is 0 Å². The first-order chi connectivity index (χ1) is 7.74. The molecular weight excluding hydrogens is 212 g/mol. The molecule has 1 aromatic heterocycles. The molecule has 0 radical (unpaired) electrons. The molecule has 0 bridgehead atoms. The Morgan fingerprint density at radius 3 is 2.50 bits per heavy atom. The third-order valence-electron chi connectivity index (χ3n) is 2.14. The van der Waals surface area contributed by atoms with Crippen molar-refractivity contribution in [2.45, 2.75) is 6.92 Å². The summed E-state index contributed by atoms with van der Waals surface area (Å²) in [5.41, 5.74) is 1.11. The van der Waals surface area contributed by atoms with Crippen molar-refractivity contribution in [2.24, 2.45) is 0 Å². The highest BCUT2D eigenvalue weighted by atomic mass is 32.1. The normalized spacial score (nSPS) is 12.7. The maximum Gasteiger partial charge on any atom is 0.0354 e. The third-order valence-corrected chi connectivity index (χ3v) is 3.31. The van der Waals surface area contributed by atoms with E-state index in [1.165, 1.54) is 9.41 Å². The molecule has 82 valence electrons. The number of allylic oxidation sites excluding steroid dienone is 4. The maximum atomic E-state index is 4.09. The van der Waals surface area contributed by atoms with Crippen molar-refractivity contribution in [3.63, 3.8) is 0 Å². The smallest absolute Gasteiger partial charge is 0.0354 e. The van der Waals surface area contributed by atoms with Gasteiger partial charge in [0.15, 0.2) is 0 Å². The van der Waals surface area contributed by atoms with Crippen molar-refractivity contribution in [1.29, 1.82) is 0 Å². The van der Waals surface area contributed by atoms with Crippen LogP contribution in [0.4, 0.5) is 0 Å². The Balaban J connectivity index is 3.42. The minimum atomic E-state index is 1.04. The summed E-state index contributed by atoms with van der Waals surface area (Å²) in [5.74, 6) is 0. The zero-order valence-electron chi connectivity index (χ0n) is 9.57. The Hall–Kier alpha value is -1.60. The van der Waals surface area contributed by atoms with Crippen LogP contribution in [0.1, 0.15) is 17.4 Å². The Morgan fingerprint density at radius 1 is 1.19 bits per heavy atom. The predicted molar refractivity (Wildman–Crippen MR) is 77.7 cm³/mol. The first kappa shape index (κ1) is 12.5. The van der Waals surface area contributed by atoms with Crippen molar-refractivity contribution in [1.82, 2.24) is 0 Å². The molecule has 1 rings (SSSR count). The molecule has 1 heteroatoms. The Labute approximate surface area is 101 Å². The van der Waals surface area contributed by atoms with Crippen LogP contribution in [0.5, 0.6) is 0 Å². The number of hydrogen-bond donors (Lipinski definition) is 0. The third kappa shape index (κ3) is 2.71. The van der Waals surface area contributed by atoms with E-state index in [9.17, 15) is 0 Å². The summed E-state index contributed by atoms with van der Waals surface area (Å²) in [6.45, 7) is 13.6. The van der Waals surface area contributed by atoms with E-state index in [4.69, 9.17) is 0 Å². The van der Waals surface area contributed by atoms with E-state index in [0.29, 0.717) is 0 Å². The van der Waals surface area contributed by atoms with Crippen LogP contribution in [0.25, 0.3) is 24.8 Å². The fraction of sp³-hybridized carbons (Fsp3) is 0.0667. The number of rotatable bonds is 4. The second kappa shape index (κ2) is 6.09. The van der Waals surface area contributed by atoms with Crippen LogP contribution in [-0.4, -0.2) is 0 Å². The molecule has 0 amide bonds. The Morgan fingerprint density at radius 2 is 1.94 bits per heavy atom. The lowest BCUT2D eigenvalue weighted by Crippen LogP contribution is -2.17. The Kier molecular flexibility index (Phi) is 4.74. The van der Waals surface area contributed by atoms with Gasteiger partial charge in [-0.2, -0.15) is 0 Å². The van der Waals surface area contributed by atoms with Gasteiger partial charge in [-0.25, -0.2) is 0 Å². The van der Waals surface area contributed by atoms with Gasteiger partial charge in [0.1, 0.15) is 0 Å². The Bertz CT molecular complexity index is 539. The van der Waals surface area contributed by atoms with Gasteiger partial charge in [0.25, 0.3) is 0 Å². The summed E-state index contributed by atoms with van der Waals surface area (Å²) in [6.07, 6.45) is 13.7. The van der Waals surface area contributed by atoms with Gasteiger partial charge in [-0.05, 0) is 29.9 Å². The van der Waals surface area contributed by atoms with Crippen LogP contribution in [0.3, 0.4) is 0 Å². The van der Waals surface area contributed by atoms with E-state index in [-0.39, 0.29) is 0 Å². The highest BCUT2D eigenvalue weighted by molar-refractivity contribution is 7.11. The lowest BCUT2D eigenvalue weighted by molar-refractivity contribution is 1.67. The van der Waals surface area contributed by atoms with Gasteiger partial charge in [0.2, 0.25) is 0 Å². The summed E-state index contributed by atoms with van der Waals surface area (Å²) in [5, 5.41) is 1.04. The summed E-state index contributed by atoms with van der Waals surface area (Å²) in [7, 11) is 0. The second-order valence-electron chi connectivity index (χ2n) is 3.21. The highest BCUT2D eigenvalue weighted by Crippen LogP contribution is 2.11. The molecule has 16 heavy (non-hydrogen) atoms. The van der Waals surface area contributed by atoms with Crippen LogP contribution in [0.15, 0.2) is 37.5 Å². The van der Waals surface area contributed by atoms with Crippen molar-refractivity contribution in [2.75, 3.05) is 0 Å². The van der Waals surface area contributed by atoms with Crippen LogP contribution < -0.4 is 9.75 Å². The average molecular weight is 228 g/mol. The molecule has 0 saturated heterocycles. The van der Waals surface area contributed by atoms with E-state index in [1.807, 2.05) is 37.3 Å². The van der Waals surface area contributed by atoms with E-state index in [2.05, 4.69) is 25.8 Å². The van der Waals surface area contributed by atoms with Crippen molar-refractivity contribution < 1.29 is 0 Å². The summed E-state index contributed by atoms with van der Waals surface area (Å²) >= 11 is 1.72. The standard InChI is InChI=1S/C15H16S/c1-5-8-10-14-12(4)13(7-3)15(16-14)11-9-6-2/h5-11H,2-4H2,1H3/b8-5-,11-9-,14-10+. The molecule has 0 aliphatic rings. The largest absolute Gasteiger partial charge is 0.135 e. The fourth-order valence-electron chi connectivity index (χ4n) is 1.34. The minimum absolute atomic E-state index is 1.04. The molecule has 1 heterocycles. The van der Waals surface area contributed by atoms with E-state index in [1.54, 1.807) is 17.4 Å². The zero-order chi connectivity index (χ0) is 12.0. The van der Waals surface area contributed by atoms with Crippen LogP contribution in [0, 0.1) is 0 Å². The first-order valence-electron chi connectivity index (χ1n) is 5.11. The molecular formula is C15H16S. The topological polar surface area (TPSA) is 0 Å². The van der Waals surface area contributed by atoms with Gasteiger partial charge in [0, 0.05) is 9.41 Å². The van der Waals surface area contributed by atoms with Gasteiger partial charge in [-0.1, -0.05) is 50.1 Å². The molecule has 0 aliphatic heterocycles. The fourth-order valence-corrected chi connectivity index (χ4v) is 2.42. The van der Waals surface area contributed by atoms with E-state index >= 15 is 0 Å². The van der Waals surface area contributed by atoms with Gasteiger partial charge >= 0.3 is 0 Å². The summed E-state index contributed by atoms with van der Waals surface area (Å²) < 4.78 is 1.18. The van der Waals surface area contributed by atoms with Crippen molar-refractivity contribution >= 4 is 36.1 Å². The quantitative estimate of drug-likeness (QED) is 0.693. The SMILES string of the molecule is C=C/C=C\c1s/c(=C/C=C\C)c(=C)c1C=C. The molecule has 0 N–H and O–H groups in total. The minimum Gasteiger partial charge on any atom is -0.135 e. The number of hydrogen-bond acceptors (Lipinski definition) is 1. The molecule has 0 fully saturated rings. The number of thiophene rings is 1. The average Bonchev–Trinajstić information content (AvgIpc) is 2.60. The van der Waals surface area contributed by atoms with Crippen LogP contribution >= 0.6 is 11.3 Å². The van der Waals surface area contributed by atoms with Crippen LogP contribution in [0.2, 0.25) is 0 Å². The van der Waals surface area contributed by atoms with Gasteiger partial charge in [-0.15, -0.1) is 11.3 Å². The second-order valence-corrected chi connectivity index (χ2v) is 4.30. The van der Waals surface area contributed by atoms with Gasteiger partial charge < -0.3 is 0 Å². The lowest BCUT2D eigenvalue weighted by atomic mass is 10.2. The van der Waals surface area contributed by atoms with E-state index < -0.39 is 0 Å². The summed E-state index contributed by atoms with van der Waals surface area (Å²) in [6, 6.07) is 0. The predicted octanol–water partition coefficient (Wildman–Crippen LogP) is 3.36. The van der Waals surface area contributed by atoms with E-state index in [0.717, 1.165) is 10.8 Å². The molecule has 0 saturated carbocycles. The first-order valence-corrected chi connectivity index (χ1v) is 5.92. The molecule has 0 unspecified atom stereocenters. The van der Waals surface area contributed by atoms with Crippen molar-refractivity contribution in [3.05, 3.63) is 57.7 Å². The molecule has 0 spiro atoms. The lowest BCUT2D eigenvalue weighted by Gasteiger charge is -1.88. The summed E-state index contributed by atoms with van der Waals surface area (Å²) in [4.78, 5) is 1.18. The van der Waals surface area contributed by atoms with Gasteiger partial charge in [0.05, 0.1) is 0 Å². The monoisotopic (exact) mass is 228 g/mol. The molecule has 1 aromatic rings. The molecule has 0 aromatic carbocycles. The molecule has 0 nitrogen and oxygen atoms in total. The maximum absolute atomic E-state index is 4.09.